The zero-order chi connectivity index (χ0) is 12.7. The number of ether oxygens (including phenoxy) is 2. The molecule has 1 aromatic rings. The van der Waals surface area contributed by atoms with E-state index in [0.29, 0.717) is 17.1 Å². The Kier molecular flexibility index (Phi) is 5.01. The number of allylic oxidation sites excluding steroid dienone is 4. The monoisotopic (exact) mass is 232 g/mol. The standard InChI is InChI=1S/C14H16O3/c1-4-5-6-7-13(15)12-9-8-11(16-2)10-14(12)17-3/h4-10H,1-3H3/b5-4+,7-6+. The number of hydrogen-bond acceptors (Lipinski definition) is 3. The Morgan fingerprint density at radius 1 is 1.18 bits per heavy atom. The molecule has 0 aliphatic carbocycles. The van der Waals surface area contributed by atoms with Gasteiger partial charge in [-0.3, -0.25) is 4.79 Å². The van der Waals surface area contributed by atoms with E-state index in [1.807, 2.05) is 13.0 Å². The van der Waals surface area contributed by atoms with Crippen molar-refractivity contribution in [2.45, 2.75) is 6.92 Å². The molecule has 1 rings (SSSR count). The molecule has 3 heteroatoms. The predicted molar refractivity (Wildman–Crippen MR) is 67.8 cm³/mol. The second kappa shape index (κ2) is 6.53. The van der Waals surface area contributed by atoms with Gasteiger partial charge in [0.05, 0.1) is 19.8 Å². The molecule has 0 unspecified atom stereocenters. The van der Waals surface area contributed by atoms with Crippen molar-refractivity contribution in [2.75, 3.05) is 14.2 Å². The van der Waals surface area contributed by atoms with E-state index in [-0.39, 0.29) is 5.78 Å². The predicted octanol–water partition coefficient (Wildman–Crippen LogP) is 3.02. The molecule has 3 nitrogen and oxygen atoms in total. The second-order valence-corrected chi connectivity index (χ2v) is 3.32. The fourth-order valence-corrected chi connectivity index (χ4v) is 1.35. The van der Waals surface area contributed by atoms with E-state index < -0.39 is 0 Å². The van der Waals surface area contributed by atoms with Crippen LogP contribution in [-0.4, -0.2) is 20.0 Å². The van der Waals surface area contributed by atoms with Gasteiger partial charge in [-0.1, -0.05) is 18.2 Å². The zero-order valence-corrected chi connectivity index (χ0v) is 10.3. The third-order valence-corrected chi connectivity index (χ3v) is 2.23. The average Bonchev–Trinajstić information content (AvgIpc) is 2.38. The molecule has 0 amide bonds. The SMILES string of the molecule is C/C=C/C=C/C(=O)c1ccc(OC)cc1OC. The molecule has 0 aliphatic rings. The normalized spacial score (nSPS) is 11.0. The summed E-state index contributed by atoms with van der Waals surface area (Å²) in [7, 11) is 3.10. The molecule has 0 fully saturated rings. The Morgan fingerprint density at radius 3 is 2.53 bits per heavy atom. The fraction of sp³-hybridized carbons (Fsp3) is 0.214. The third-order valence-electron chi connectivity index (χ3n) is 2.23. The molecule has 0 atom stereocenters. The molecule has 0 radical (unpaired) electrons. The van der Waals surface area contributed by atoms with Gasteiger partial charge in [0.1, 0.15) is 11.5 Å². The largest absolute Gasteiger partial charge is 0.497 e. The van der Waals surface area contributed by atoms with E-state index in [1.165, 1.54) is 13.2 Å². The van der Waals surface area contributed by atoms with E-state index >= 15 is 0 Å². The van der Waals surface area contributed by atoms with Crippen LogP contribution in [0.1, 0.15) is 17.3 Å². The second-order valence-electron chi connectivity index (χ2n) is 3.32. The van der Waals surface area contributed by atoms with Gasteiger partial charge in [-0.15, -0.1) is 0 Å². The van der Waals surface area contributed by atoms with Gasteiger partial charge in [0.15, 0.2) is 5.78 Å². The summed E-state index contributed by atoms with van der Waals surface area (Å²) < 4.78 is 10.2. The summed E-state index contributed by atoms with van der Waals surface area (Å²) >= 11 is 0. The van der Waals surface area contributed by atoms with Crippen molar-refractivity contribution >= 4 is 5.78 Å². The number of hydrogen-bond donors (Lipinski definition) is 0. The highest BCUT2D eigenvalue weighted by Gasteiger charge is 2.10. The van der Waals surface area contributed by atoms with E-state index in [9.17, 15) is 4.79 Å². The molecule has 17 heavy (non-hydrogen) atoms. The van der Waals surface area contributed by atoms with Crippen molar-refractivity contribution in [3.8, 4) is 11.5 Å². The summed E-state index contributed by atoms with van der Waals surface area (Å²) in [5, 5.41) is 0. The number of methoxy groups -OCH3 is 2. The van der Waals surface area contributed by atoms with Crippen molar-refractivity contribution in [3.05, 3.63) is 48.1 Å². The quantitative estimate of drug-likeness (QED) is 0.444. The highest BCUT2D eigenvalue weighted by atomic mass is 16.5. The Labute approximate surface area is 101 Å². The van der Waals surface area contributed by atoms with Crippen LogP contribution in [0.5, 0.6) is 11.5 Å². The molecule has 0 aromatic heterocycles. The minimum Gasteiger partial charge on any atom is -0.497 e. The fourth-order valence-electron chi connectivity index (χ4n) is 1.35. The van der Waals surface area contributed by atoms with Crippen molar-refractivity contribution in [1.82, 2.24) is 0 Å². The van der Waals surface area contributed by atoms with Crippen LogP contribution in [-0.2, 0) is 0 Å². The number of benzene rings is 1. The van der Waals surface area contributed by atoms with Crippen LogP contribution in [0.4, 0.5) is 0 Å². The van der Waals surface area contributed by atoms with Crippen LogP contribution in [0.3, 0.4) is 0 Å². The summed E-state index contributed by atoms with van der Waals surface area (Å²) in [5.41, 5.74) is 0.522. The minimum absolute atomic E-state index is 0.0948. The summed E-state index contributed by atoms with van der Waals surface area (Å²) in [6.07, 6.45) is 6.86. The van der Waals surface area contributed by atoms with Crippen LogP contribution in [0, 0.1) is 0 Å². The Morgan fingerprint density at radius 2 is 1.94 bits per heavy atom. The molecular formula is C14H16O3. The Bertz CT molecular complexity index is 445. The first kappa shape index (κ1) is 13.0. The number of carbonyl (C=O) groups is 1. The summed E-state index contributed by atoms with van der Waals surface area (Å²) in [6.45, 7) is 1.89. The Hall–Kier alpha value is -2.03. The molecular weight excluding hydrogens is 216 g/mol. The summed E-state index contributed by atoms with van der Waals surface area (Å²) in [5.74, 6) is 1.08. The van der Waals surface area contributed by atoms with Gasteiger partial charge in [-0.25, -0.2) is 0 Å². The maximum Gasteiger partial charge on any atom is 0.189 e. The van der Waals surface area contributed by atoms with Gasteiger partial charge < -0.3 is 9.47 Å². The van der Waals surface area contributed by atoms with E-state index in [0.717, 1.165) is 0 Å². The lowest BCUT2D eigenvalue weighted by molar-refractivity contribution is 0.104. The highest BCUT2D eigenvalue weighted by molar-refractivity contribution is 6.06. The van der Waals surface area contributed by atoms with Crippen LogP contribution in [0.2, 0.25) is 0 Å². The van der Waals surface area contributed by atoms with Crippen molar-refractivity contribution in [2.24, 2.45) is 0 Å². The van der Waals surface area contributed by atoms with Gasteiger partial charge in [0.2, 0.25) is 0 Å². The lowest BCUT2D eigenvalue weighted by atomic mass is 10.1. The lowest BCUT2D eigenvalue weighted by Gasteiger charge is -2.07. The smallest absolute Gasteiger partial charge is 0.189 e. The molecule has 0 saturated carbocycles. The van der Waals surface area contributed by atoms with Gasteiger partial charge in [0, 0.05) is 6.07 Å². The number of ketones is 1. The molecule has 0 heterocycles. The molecule has 1 aromatic carbocycles. The minimum atomic E-state index is -0.0948. The summed E-state index contributed by atoms with van der Waals surface area (Å²) in [4.78, 5) is 11.9. The molecule has 0 bridgehead atoms. The first-order valence-electron chi connectivity index (χ1n) is 5.28. The third kappa shape index (κ3) is 3.48. The van der Waals surface area contributed by atoms with Crippen molar-refractivity contribution in [3.63, 3.8) is 0 Å². The van der Waals surface area contributed by atoms with E-state index in [1.54, 1.807) is 37.5 Å². The van der Waals surface area contributed by atoms with Crippen LogP contribution >= 0.6 is 0 Å². The topological polar surface area (TPSA) is 35.5 Å². The molecule has 0 saturated heterocycles. The van der Waals surface area contributed by atoms with Gasteiger partial charge in [-0.05, 0) is 25.1 Å². The van der Waals surface area contributed by atoms with Gasteiger partial charge in [-0.2, -0.15) is 0 Å². The molecule has 0 N–H and O–H groups in total. The Balaban J connectivity index is 3.00. The summed E-state index contributed by atoms with van der Waals surface area (Å²) in [6, 6.07) is 5.12. The average molecular weight is 232 g/mol. The maximum atomic E-state index is 11.9. The first-order valence-corrected chi connectivity index (χ1v) is 5.28. The van der Waals surface area contributed by atoms with Crippen molar-refractivity contribution in [1.29, 1.82) is 0 Å². The first-order chi connectivity index (χ1) is 8.22. The van der Waals surface area contributed by atoms with Crippen molar-refractivity contribution < 1.29 is 14.3 Å². The van der Waals surface area contributed by atoms with Crippen LogP contribution in [0.25, 0.3) is 0 Å². The zero-order valence-electron chi connectivity index (χ0n) is 10.3. The van der Waals surface area contributed by atoms with Crippen LogP contribution in [0.15, 0.2) is 42.5 Å². The molecule has 90 valence electrons. The van der Waals surface area contributed by atoms with E-state index in [4.69, 9.17) is 9.47 Å². The number of carbonyl (C=O) groups excluding carboxylic acids is 1. The lowest BCUT2D eigenvalue weighted by Crippen LogP contribution is -1.99. The van der Waals surface area contributed by atoms with E-state index in [2.05, 4.69) is 0 Å². The number of rotatable bonds is 5. The molecule has 0 spiro atoms. The molecule has 0 aliphatic heterocycles. The highest BCUT2D eigenvalue weighted by Crippen LogP contribution is 2.25. The van der Waals surface area contributed by atoms with Gasteiger partial charge in [0.25, 0.3) is 0 Å². The van der Waals surface area contributed by atoms with Crippen LogP contribution < -0.4 is 9.47 Å². The maximum absolute atomic E-state index is 11.9. The van der Waals surface area contributed by atoms with Gasteiger partial charge >= 0.3 is 0 Å².